The van der Waals surface area contributed by atoms with Gasteiger partial charge in [-0.15, -0.1) is 0 Å². The van der Waals surface area contributed by atoms with Crippen molar-refractivity contribution in [3.63, 3.8) is 0 Å². The Bertz CT molecular complexity index is 2160. The molecule has 0 aliphatic rings. The summed E-state index contributed by atoms with van der Waals surface area (Å²) in [6, 6.07) is 45.2. The van der Waals surface area contributed by atoms with Crippen molar-refractivity contribution in [2.75, 3.05) is 0 Å². The molecule has 8 rings (SSSR count). The number of rotatable bonds is 4. The fourth-order valence-electron chi connectivity index (χ4n) is 5.96. The minimum absolute atomic E-state index is 1.01. The molecule has 0 bridgehead atoms. The summed E-state index contributed by atoms with van der Waals surface area (Å²) in [5.74, 6) is 0. The van der Waals surface area contributed by atoms with E-state index in [-0.39, 0.29) is 0 Å². The van der Waals surface area contributed by atoms with Crippen LogP contribution in [0.5, 0.6) is 0 Å². The Balaban J connectivity index is 1.30. The normalized spacial score (nSPS) is 11.3. The van der Waals surface area contributed by atoms with Crippen molar-refractivity contribution in [1.29, 1.82) is 0 Å². The number of fused-ring (bicyclic) bond motifs is 4. The molecule has 3 nitrogen and oxygen atoms in total. The van der Waals surface area contributed by atoms with E-state index in [0.29, 0.717) is 0 Å². The van der Waals surface area contributed by atoms with E-state index in [9.17, 15) is 0 Å². The van der Waals surface area contributed by atoms with Crippen LogP contribution in [0.1, 0.15) is 0 Å². The average Bonchev–Trinajstić information content (AvgIpc) is 3.08. The zero-order valence-corrected chi connectivity index (χ0v) is 22.8. The van der Waals surface area contributed by atoms with Crippen LogP contribution in [0, 0.1) is 0 Å². The van der Waals surface area contributed by atoms with E-state index in [2.05, 4.69) is 125 Å². The SMILES string of the molecule is c1cncc(-c2cc(-c3ccc(-c4c5ccccc5nc5c4ccc4ccccc45)cc3)cc(-c3cccnc3)c2)c1. The summed E-state index contributed by atoms with van der Waals surface area (Å²) in [6.07, 6.45) is 7.45. The van der Waals surface area contributed by atoms with Crippen molar-refractivity contribution in [3.8, 4) is 44.5 Å². The summed E-state index contributed by atoms with van der Waals surface area (Å²) in [4.78, 5) is 13.8. The summed E-state index contributed by atoms with van der Waals surface area (Å²) in [7, 11) is 0. The monoisotopic (exact) mass is 535 g/mol. The molecule has 3 heterocycles. The molecule has 3 heteroatoms. The number of hydrogen-bond donors (Lipinski definition) is 0. The van der Waals surface area contributed by atoms with Crippen LogP contribution in [0.25, 0.3) is 77.1 Å². The number of para-hydroxylation sites is 1. The van der Waals surface area contributed by atoms with Gasteiger partial charge in [0.05, 0.1) is 11.0 Å². The highest BCUT2D eigenvalue weighted by Crippen LogP contribution is 2.39. The fourth-order valence-corrected chi connectivity index (χ4v) is 5.96. The second kappa shape index (κ2) is 10.1. The molecular weight excluding hydrogens is 510 g/mol. The minimum atomic E-state index is 1.01. The lowest BCUT2D eigenvalue weighted by molar-refractivity contribution is 1.32. The first kappa shape index (κ1) is 24.2. The van der Waals surface area contributed by atoms with Gasteiger partial charge in [-0.2, -0.15) is 0 Å². The minimum Gasteiger partial charge on any atom is -0.264 e. The molecular formula is C39H25N3. The molecule has 3 aromatic heterocycles. The molecule has 0 aliphatic heterocycles. The van der Waals surface area contributed by atoms with Crippen molar-refractivity contribution in [2.24, 2.45) is 0 Å². The van der Waals surface area contributed by atoms with Crippen molar-refractivity contribution in [1.82, 2.24) is 15.0 Å². The lowest BCUT2D eigenvalue weighted by Gasteiger charge is -2.14. The maximum Gasteiger partial charge on any atom is 0.0794 e. The average molecular weight is 536 g/mol. The highest BCUT2D eigenvalue weighted by molar-refractivity contribution is 6.16. The van der Waals surface area contributed by atoms with E-state index >= 15 is 0 Å². The third kappa shape index (κ3) is 4.20. The summed E-state index contributed by atoms with van der Waals surface area (Å²) in [5, 5.41) is 4.70. The molecule has 0 atom stereocenters. The molecule has 0 saturated carbocycles. The van der Waals surface area contributed by atoms with E-state index in [1.807, 2.05) is 36.9 Å². The summed E-state index contributed by atoms with van der Waals surface area (Å²) >= 11 is 0. The van der Waals surface area contributed by atoms with E-state index in [0.717, 1.165) is 55.2 Å². The Morgan fingerprint density at radius 3 is 1.64 bits per heavy atom. The first-order valence-corrected chi connectivity index (χ1v) is 14.1. The quantitative estimate of drug-likeness (QED) is 0.166. The van der Waals surface area contributed by atoms with Gasteiger partial charge in [-0.1, -0.05) is 91.0 Å². The third-order valence-corrected chi connectivity index (χ3v) is 8.01. The number of benzene rings is 5. The van der Waals surface area contributed by atoms with E-state index in [1.165, 1.54) is 21.9 Å². The first-order chi connectivity index (χ1) is 20.8. The maximum absolute atomic E-state index is 5.12. The van der Waals surface area contributed by atoms with Gasteiger partial charge in [0.15, 0.2) is 0 Å². The first-order valence-electron chi connectivity index (χ1n) is 14.1. The van der Waals surface area contributed by atoms with Crippen molar-refractivity contribution in [3.05, 3.63) is 152 Å². The second-order valence-corrected chi connectivity index (χ2v) is 10.5. The van der Waals surface area contributed by atoms with Gasteiger partial charge in [-0.25, -0.2) is 4.98 Å². The van der Waals surface area contributed by atoms with Crippen LogP contribution in [-0.2, 0) is 0 Å². The molecule has 0 radical (unpaired) electrons. The molecule has 0 aliphatic carbocycles. The zero-order chi connectivity index (χ0) is 27.9. The van der Waals surface area contributed by atoms with Crippen molar-refractivity contribution < 1.29 is 0 Å². The van der Waals surface area contributed by atoms with Crippen LogP contribution in [-0.4, -0.2) is 15.0 Å². The Hall–Kier alpha value is -5.67. The van der Waals surface area contributed by atoms with Crippen LogP contribution in [0.3, 0.4) is 0 Å². The van der Waals surface area contributed by atoms with Gasteiger partial charge < -0.3 is 0 Å². The smallest absolute Gasteiger partial charge is 0.0794 e. The number of nitrogens with zero attached hydrogens (tertiary/aromatic N) is 3. The fraction of sp³-hybridized carbons (Fsp3) is 0. The highest BCUT2D eigenvalue weighted by atomic mass is 14.7. The molecule has 0 unspecified atom stereocenters. The maximum atomic E-state index is 5.12. The summed E-state index contributed by atoms with van der Waals surface area (Å²) < 4.78 is 0. The van der Waals surface area contributed by atoms with Crippen molar-refractivity contribution in [2.45, 2.75) is 0 Å². The van der Waals surface area contributed by atoms with Gasteiger partial charge in [0.1, 0.15) is 0 Å². The van der Waals surface area contributed by atoms with Crippen molar-refractivity contribution >= 4 is 32.6 Å². The second-order valence-electron chi connectivity index (χ2n) is 10.5. The molecule has 5 aromatic carbocycles. The number of hydrogen-bond acceptors (Lipinski definition) is 3. The van der Waals surface area contributed by atoms with Gasteiger partial charge in [0.2, 0.25) is 0 Å². The zero-order valence-electron chi connectivity index (χ0n) is 22.8. The largest absolute Gasteiger partial charge is 0.264 e. The van der Waals surface area contributed by atoms with Gasteiger partial charge in [0, 0.05) is 57.6 Å². The Morgan fingerprint density at radius 1 is 0.381 bits per heavy atom. The molecule has 42 heavy (non-hydrogen) atoms. The standard InChI is InChI=1S/C39H25N3/c1-2-10-34-27(7-1)17-18-36-38(35-11-3-4-12-37(35)42-39(34)36)28-15-13-26(14-16-28)31-21-32(29-8-5-19-40-24-29)23-33(22-31)30-9-6-20-41-25-30/h1-25H. The summed E-state index contributed by atoms with van der Waals surface area (Å²) in [6.45, 7) is 0. The third-order valence-electron chi connectivity index (χ3n) is 8.01. The van der Waals surface area contributed by atoms with Gasteiger partial charge in [0.25, 0.3) is 0 Å². The van der Waals surface area contributed by atoms with Crippen LogP contribution >= 0.6 is 0 Å². The van der Waals surface area contributed by atoms with Crippen LogP contribution in [0.4, 0.5) is 0 Å². The molecule has 0 N–H and O–H groups in total. The van der Waals surface area contributed by atoms with E-state index < -0.39 is 0 Å². The lowest BCUT2D eigenvalue weighted by atomic mass is 9.91. The van der Waals surface area contributed by atoms with Gasteiger partial charge >= 0.3 is 0 Å². The number of pyridine rings is 3. The Labute approximate surface area is 243 Å². The van der Waals surface area contributed by atoms with Gasteiger partial charge in [-0.05, 0) is 69.6 Å². The molecule has 8 aromatic rings. The molecule has 0 spiro atoms. The van der Waals surface area contributed by atoms with Crippen LogP contribution in [0.2, 0.25) is 0 Å². The topological polar surface area (TPSA) is 38.7 Å². The van der Waals surface area contributed by atoms with Crippen LogP contribution < -0.4 is 0 Å². The molecule has 0 saturated heterocycles. The molecule has 0 fully saturated rings. The Kier molecular flexibility index (Phi) is 5.79. The molecule has 0 amide bonds. The molecule has 196 valence electrons. The Morgan fingerprint density at radius 2 is 0.976 bits per heavy atom. The van der Waals surface area contributed by atoms with Gasteiger partial charge in [-0.3, -0.25) is 9.97 Å². The van der Waals surface area contributed by atoms with E-state index in [1.54, 1.807) is 0 Å². The lowest BCUT2D eigenvalue weighted by Crippen LogP contribution is -1.91. The summed E-state index contributed by atoms with van der Waals surface area (Å²) in [5.41, 5.74) is 11.2. The highest BCUT2D eigenvalue weighted by Gasteiger charge is 2.14. The predicted molar refractivity (Wildman–Crippen MR) is 174 cm³/mol. The van der Waals surface area contributed by atoms with Crippen LogP contribution in [0.15, 0.2) is 152 Å². The predicted octanol–water partition coefficient (Wildman–Crippen LogP) is 10.00. The van der Waals surface area contributed by atoms with E-state index in [4.69, 9.17) is 4.98 Å². The number of aromatic nitrogens is 3.